The fourth-order valence-electron chi connectivity index (χ4n) is 4.08. The van der Waals surface area contributed by atoms with Gasteiger partial charge in [0.2, 0.25) is 10.8 Å². The quantitative estimate of drug-likeness (QED) is 0.353. The molecule has 0 N–H and O–H groups in total. The molecule has 0 saturated heterocycles. The van der Waals surface area contributed by atoms with Crippen LogP contribution in [-0.4, -0.2) is 54.0 Å². The van der Waals surface area contributed by atoms with E-state index in [0.29, 0.717) is 6.07 Å². The Bertz CT molecular complexity index is 1290. The van der Waals surface area contributed by atoms with Crippen LogP contribution >= 0.6 is 0 Å². The number of pyridine rings is 1. The summed E-state index contributed by atoms with van der Waals surface area (Å²) in [6.45, 7) is 10.3. The Labute approximate surface area is 206 Å². The number of halogens is 2. The van der Waals surface area contributed by atoms with Crippen molar-refractivity contribution >= 4 is 28.8 Å². The zero-order valence-electron chi connectivity index (χ0n) is 21.6. The molecule has 196 valence electrons. The van der Waals surface area contributed by atoms with Crippen molar-refractivity contribution in [1.82, 2.24) is 4.68 Å². The van der Waals surface area contributed by atoms with E-state index in [1.54, 1.807) is 48.5 Å². The lowest BCUT2D eigenvalue weighted by Crippen LogP contribution is -2.60. The molecule has 36 heavy (non-hydrogen) atoms. The molecule has 2 heterocycles. The summed E-state index contributed by atoms with van der Waals surface area (Å²) in [5.74, 6) is -6.29. The summed E-state index contributed by atoms with van der Waals surface area (Å²) in [6.07, 6.45) is 1.11. The highest BCUT2D eigenvalue weighted by atomic mass is 19.2. The zero-order chi connectivity index (χ0) is 27.4. The predicted octanol–water partition coefficient (Wildman–Crippen LogP) is 2.96. The van der Waals surface area contributed by atoms with E-state index < -0.39 is 74.6 Å². The van der Waals surface area contributed by atoms with Gasteiger partial charge in [-0.3, -0.25) is 19.1 Å². The SMILES string of the molecule is CCOC(=O)c1cn2c3c(c(F)c(F)cc3c1=O)C(C(=O)OC(C)(C)C)(C(=O)OC(C)(C)C)CN2C. The van der Waals surface area contributed by atoms with Gasteiger partial charge < -0.3 is 19.2 Å². The third-order valence-electron chi connectivity index (χ3n) is 5.41. The second-order valence-corrected chi connectivity index (χ2v) is 10.6. The van der Waals surface area contributed by atoms with Crippen molar-refractivity contribution in [1.29, 1.82) is 0 Å². The van der Waals surface area contributed by atoms with Crippen LogP contribution in [0.5, 0.6) is 0 Å². The first-order valence-electron chi connectivity index (χ1n) is 11.4. The molecule has 0 unspecified atom stereocenters. The van der Waals surface area contributed by atoms with Crippen LogP contribution in [0.25, 0.3) is 10.9 Å². The van der Waals surface area contributed by atoms with Crippen molar-refractivity contribution in [2.75, 3.05) is 25.2 Å². The van der Waals surface area contributed by atoms with Crippen LogP contribution < -0.4 is 10.4 Å². The summed E-state index contributed by atoms with van der Waals surface area (Å²) in [5, 5.41) is 0.903. The summed E-state index contributed by atoms with van der Waals surface area (Å²) in [5.41, 5.74) is -7.02. The lowest BCUT2D eigenvalue weighted by atomic mass is 9.76. The highest BCUT2D eigenvalue weighted by molar-refractivity contribution is 6.11. The number of hydrogen-bond donors (Lipinski definition) is 0. The van der Waals surface area contributed by atoms with Crippen LogP contribution in [0.4, 0.5) is 8.78 Å². The molecule has 1 aliphatic rings. The molecule has 0 spiro atoms. The van der Waals surface area contributed by atoms with Crippen LogP contribution in [-0.2, 0) is 29.2 Å². The summed E-state index contributed by atoms with van der Waals surface area (Å²) >= 11 is 0. The number of carbonyl (C=O) groups is 3. The Balaban J connectivity index is 2.51. The van der Waals surface area contributed by atoms with Gasteiger partial charge in [-0.05, 0) is 54.5 Å². The maximum absolute atomic E-state index is 15.6. The van der Waals surface area contributed by atoms with E-state index in [4.69, 9.17) is 14.2 Å². The van der Waals surface area contributed by atoms with Gasteiger partial charge in [0.25, 0.3) is 0 Å². The van der Waals surface area contributed by atoms with Crippen LogP contribution in [0.1, 0.15) is 64.4 Å². The molecule has 1 aliphatic heterocycles. The van der Waals surface area contributed by atoms with Crippen LogP contribution in [0.2, 0.25) is 0 Å². The Kier molecular flexibility index (Phi) is 6.67. The standard InChI is InChI=1S/C25H30F2N2O7/c1-9-34-20(31)14-11-29-18-13(19(14)30)10-15(26)17(27)16(18)25(12-28(29)8,21(32)35-23(2,3)4)22(33)36-24(5,6)7/h10-11H,9,12H2,1-8H3. The molecule has 9 nitrogen and oxygen atoms in total. The Morgan fingerprint density at radius 2 is 1.56 bits per heavy atom. The monoisotopic (exact) mass is 508 g/mol. The molecular formula is C25H30F2N2O7. The lowest BCUT2D eigenvalue weighted by molar-refractivity contribution is -0.177. The maximum atomic E-state index is 15.6. The minimum Gasteiger partial charge on any atom is -0.462 e. The molecule has 11 heteroatoms. The minimum absolute atomic E-state index is 0.0183. The van der Waals surface area contributed by atoms with Crippen molar-refractivity contribution in [2.24, 2.45) is 0 Å². The fraction of sp³-hybridized carbons (Fsp3) is 0.520. The molecule has 3 rings (SSSR count). The van der Waals surface area contributed by atoms with E-state index in [1.165, 1.54) is 16.7 Å². The van der Waals surface area contributed by atoms with E-state index in [1.807, 2.05) is 0 Å². The number of esters is 3. The van der Waals surface area contributed by atoms with E-state index in [0.717, 1.165) is 6.20 Å². The number of benzene rings is 1. The summed E-state index contributed by atoms with van der Waals surface area (Å²) in [6, 6.07) is 0.629. The molecule has 0 aliphatic carbocycles. The second kappa shape index (κ2) is 8.86. The largest absolute Gasteiger partial charge is 0.462 e. The molecule has 1 aromatic heterocycles. The first-order valence-corrected chi connectivity index (χ1v) is 11.4. The first-order chi connectivity index (χ1) is 16.4. The fourth-order valence-corrected chi connectivity index (χ4v) is 4.08. The number of rotatable bonds is 4. The van der Waals surface area contributed by atoms with Gasteiger partial charge >= 0.3 is 17.9 Å². The van der Waals surface area contributed by atoms with Gasteiger partial charge in [-0.15, -0.1) is 0 Å². The first kappa shape index (κ1) is 27.1. The molecule has 0 amide bonds. The minimum atomic E-state index is -2.49. The molecular weight excluding hydrogens is 478 g/mol. The summed E-state index contributed by atoms with van der Waals surface area (Å²) < 4.78 is 47.8. The number of likely N-dealkylation sites (N-methyl/N-ethyl adjacent to an activating group) is 1. The Hall–Kier alpha value is -3.50. The molecule has 0 bridgehead atoms. The normalized spacial score (nSPS) is 15.0. The predicted molar refractivity (Wildman–Crippen MR) is 126 cm³/mol. The third kappa shape index (κ3) is 4.54. The molecule has 0 atom stereocenters. The number of hydrogen-bond acceptors (Lipinski definition) is 8. The molecule has 0 fully saturated rings. The summed E-state index contributed by atoms with van der Waals surface area (Å²) in [4.78, 5) is 53.0. The van der Waals surface area contributed by atoms with E-state index in [9.17, 15) is 23.6 Å². The highest BCUT2D eigenvalue weighted by Crippen LogP contribution is 2.41. The van der Waals surface area contributed by atoms with Crippen molar-refractivity contribution in [2.45, 2.75) is 65.1 Å². The number of nitrogens with zero attached hydrogens (tertiary/aromatic N) is 2. The molecule has 2 aromatic rings. The highest BCUT2D eigenvalue weighted by Gasteiger charge is 2.58. The van der Waals surface area contributed by atoms with Crippen molar-refractivity contribution in [3.8, 4) is 0 Å². The van der Waals surface area contributed by atoms with Crippen LogP contribution in [0.3, 0.4) is 0 Å². The van der Waals surface area contributed by atoms with E-state index in [2.05, 4.69) is 0 Å². The smallest absolute Gasteiger partial charge is 0.343 e. The van der Waals surface area contributed by atoms with Crippen molar-refractivity contribution < 1.29 is 37.4 Å². The van der Waals surface area contributed by atoms with Gasteiger partial charge in [-0.2, -0.15) is 0 Å². The van der Waals surface area contributed by atoms with Crippen molar-refractivity contribution in [3.05, 3.63) is 45.2 Å². The van der Waals surface area contributed by atoms with Gasteiger partial charge in [-0.25, -0.2) is 13.6 Å². The Morgan fingerprint density at radius 1 is 1.03 bits per heavy atom. The summed E-state index contributed by atoms with van der Waals surface area (Å²) in [7, 11) is 1.45. The van der Waals surface area contributed by atoms with E-state index >= 15 is 4.39 Å². The molecule has 0 saturated carbocycles. The third-order valence-corrected chi connectivity index (χ3v) is 5.41. The Morgan fingerprint density at radius 3 is 2.03 bits per heavy atom. The van der Waals surface area contributed by atoms with Crippen LogP contribution in [0.15, 0.2) is 17.1 Å². The van der Waals surface area contributed by atoms with Gasteiger partial charge in [-0.1, -0.05) is 0 Å². The maximum Gasteiger partial charge on any atom is 0.343 e. The van der Waals surface area contributed by atoms with Gasteiger partial charge in [0.1, 0.15) is 16.8 Å². The number of carbonyl (C=O) groups excluding carboxylic acids is 3. The average Bonchev–Trinajstić information content (AvgIpc) is 2.71. The van der Waals surface area contributed by atoms with Gasteiger partial charge in [0, 0.05) is 18.8 Å². The van der Waals surface area contributed by atoms with Crippen LogP contribution in [0, 0.1) is 11.6 Å². The van der Waals surface area contributed by atoms with Gasteiger partial charge in [0.05, 0.1) is 24.1 Å². The topological polar surface area (TPSA) is 104 Å². The average molecular weight is 509 g/mol. The molecule has 1 aromatic carbocycles. The van der Waals surface area contributed by atoms with Crippen molar-refractivity contribution in [3.63, 3.8) is 0 Å². The second-order valence-electron chi connectivity index (χ2n) is 10.6. The zero-order valence-corrected chi connectivity index (χ0v) is 21.6. The van der Waals surface area contributed by atoms with Gasteiger partial charge in [0.15, 0.2) is 11.6 Å². The molecule has 0 radical (unpaired) electrons. The number of ether oxygens (including phenoxy) is 3. The number of aromatic nitrogens is 1. The lowest BCUT2D eigenvalue weighted by Gasteiger charge is -2.42. The van der Waals surface area contributed by atoms with E-state index in [-0.39, 0.29) is 12.1 Å².